The Morgan fingerprint density at radius 1 is 1.12 bits per heavy atom. The number of fused-ring (bicyclic) bond motifs is 5. The SMILES string of the molecule is Fc1ccccc1CNC1C2C3CCC(C3)C12. The summed E-state index contributed by atoms with van der Waals surface area (Å²) in [6.45, 7) is 0.698. The molecule has 1 aromatic carbocycles. The summed E-state index contributed by atoms with van der Waals surface area (Å²) in [5, 5.41) is 3.58. The summed E-state index contributed by atoms with van der Waals surface area (Å²) in [6.07, 6.45) is 4.38. The molecule has 17 heavy (non-hydrogen) atoms. The summed E-state index contributed by atoms with van der Waals surface area (Å²) >= 11 is 0. The van der Waals surface area contributed by atoms with Crippen LogP contribution < -0.4 is 5.32 Å². The molecule has 0 radical (unpaired) electrons. The zero-order valence-electron chi connectivity index (χ0n) is 9.90. The highest BCUT2D eigenvalue weighted by molar-refractivity contribution is 5.20. The van der Waals surface area contributed by atoms with Crippen molar-refractivity contribution in [3.63, 3.8) is 0 Å². The lowest BCUT2D eigenvalue weighted by Gasteiger charge is -2.10. The van der Waals surface area contributed by atoms with Crippen LogP contribution in [-0.2, 0) is 6.54 Å². The van der Waals surface area contributed by atoms with Crippen molar-refractivity contribution in [3.8, 4) is 0 Å². The normalized spacial score (nSPS) is 41.6. The van der Waals surface area contributed by atoms with Crippen LogP contribution >= 0.6 is 0 Å². The average molecular weight is 231 g/mol. The van der Waals surface area contributed by atoms with Gasteiger partial charge in [0.1, 0.15) is 5.82 Å². The predicted molar refractivity (Wildman–Crippen MR) is 64.8 cm³/mol. The van der Waals surface area contributed by atoms with E-state index >= 15 is 0 Å². The van der Waals surface area contributed by atoms with Crippen LogP contribution in [0.25, 0.3) is 0 Å². The molecule has 4 atom stereocenters. The van der Waals surface area contributed by atoms with E-state index in [9.17, 15) is 4.39 Å². The van der Waals surface area contributed by atoms with Gasteiger partial charge >= 0.3 is 0 Å². The second-order valence-corrected chi connectivity index (χ2v) is 5.99. The van der Waals surface area contributed by atoms with Gasteiger partial charge in [0.25, 0.3) is 0 Å². The molecule has 1 nitrogen and oxygen atoms in total. The molecule has 3 aliphatic rings. The van der Waals surface area contributed by atoms with Crippen molar-refractivity contribution in [3.05, 3.63) is 35.6 Å². The Bertz CT molecular complexity index is 428. The Balaban J connectivity index is 1.40. The minimum Gasteiger partial charge on any atom is -0.309 e. The van der Waals surface area contributed by atoms with E-state index in [2.05, 4.69) is 5.32 Å². The van der Waals surface area contributed by atoms with Gasteiger partial charge in [-0.25, -0.2) is 4.39 Å². The Labute approximate surface area is 101 Å². The van der Waals surface area contributed by atoms with Gasteiger partial charge in [-0.2, -0.15) is 0 Å². The first kappa shape index (κ1) is 10.1. The van der Waals surface area contributed by atoms with Gasteiger partial charge in [-0.15, -0.1) is 0 Å². The summed E-state index contributed by atoms with van der Waals surface area (Å²) in [6, 6.07) is 7.80. The van der Waals surface area contributed by atoms with Gasteiger partial charge < -0.3 is 5.32 Å². The average Bonchev–Trinajstić information content (AvgIpc) is 2.74. The number of hydrogen-bond acceptors (Lipinski definition) is 1. The first-order valence-electron chi connectivity index (χ1n) is 6.81. The second kappa shape index (κ2) is 3.55. The maximum absolute atomic E-state index is 13.5. The lowest BCUT2D eigenvalue weighted by atomic mass is 10.0. The smallest absolute Gasteiger partial charge is 0.127 e. The van der Waals surface area contributed by atoms with E-state index in [0.717, 1.165) is 29.2 Å². The van der Waals surface area contributed by atoms with Crippen LogP contribution in [0.3, 0.4) is 0 Å². The number of rotatable bonds is 3. The van der Waals surface area contributed by atoms with Crippen molar-refractivity contribution in [1.82, 2.24) is 5.32 Å². The van der Waals surface area contributed by atoms with Crippen LogP contribution in [0, 0.1) is 29.5 Å². The van der Waals surface area contributed by atoms with Crippen LogP contribution in [0.4, 0.5) is 4.39 Å². The third kappa shape index (κ3) is 1.46. The van der Waals surface area contributed by atoms with E-state index in [-0.39, 0.29) is 5.82 Å². The van der Waals surface area contributed by atoms with Crippen molar-refractivity contribution in [1.29, 1.82) is 0 Å². The van der Waals surface area contributed by atoms with E-state index in [1.807, 2.05) is 12.1 Å². The molecule has 1 N–H and O–H groups in total. The van der Waals surface area contributed by atoms with Crippen LogP contribution in [0.5, 0.6) is 0 Å². The first-order valence-corrected chi connectivity index (χ1v) is 6.81. The van der Waals surface area contributed by atoms with E-state index in [1.165, 1.54) is 19.3 Å². The molecular weight excluding hydrogens is 213 g/mol. The summed E-state index contributed by atoms with van der Waals surface area (Å²) in [5.74, 6) is 3.76. The van der Waals surface area contributed by atoms with Gasteiger partial charge in [-0.05, 0) is 49.0 Å². The molecule has 90 valence electrons. The molecule has 2 heteroatoms. The van der Waals surface area contributed by atoms with Gasteiger partial charge in [-0.3, -0.25) is 0 Å². The summed E-state index contributed by atoms with van der Waals surface area (Å²) < 4.78 is 13.5. The van der Waals surface area contributed by atoms with Crippen LogP contribution in [0.1, 0.15) is 24.8 Å². The van der Waals surface area contributed by atoms with E-state index < -0.39 is 0 Å². The Morgan fingerprint density at radius 2 is 1.82 bits per heavy atom. The topological polar surface area (TPSA) is 12.0 Å². The Kier molecular flexibility index (Phi) is 2.10. The Hall–Kier alpha value is -0.890. The molecule has 3 aliphatic carbocycles. The maximum Gasteiger partial charge on any atom is 0.127 e. The van der Waals surface area contributed by atoms with Crippen LogP contribution in [0.15, 0.2) is 24.3 Å². The number of benzene rings is 1. The first-order chi connectivity index (χ1) is 8.34. The molecule has 0 aliphatic heterocycles. The highest BCUT2D eigenvalue weighted by Gasteiger charge is 2.64. The molecule has 4 unspecified atom stereocenters. The zero-order chi connectivity index (χ0) is 11.4. The molecule has 0 amide bonds. The standard InChI is InChI=1S/C15H18FN/c16-12-4-2-1-3-11(12)8-17-15-13-9-5-6-10(7-9)14(13)15/h1-4,9-10,13-15,17H,5-8H2. The van der Waals surface area contributed by atoms with E-state index in [0.29, 0.717) is 12.6 Å². The largest absolute Gasteiger partial charge is 0.309 e. The van der Waals surface area contributed by atoms with Crippen LogP contribution in [-0.4, -0.2) is 6.04 Å². The molecule has 1 aromatic rings. The minimum atomic E-state index is -0.0752. The van der Waals surface area contributed by atoms with E-state index in [1.54, 1.807) is 12.1 Å². The third-order valence-electron chi connectivity index (χ3n) is 5.22. The molecule has 4 rings (SSSR count). The van der Waals surface area contributed by atoms with Crippen molar-refractivity contribution >= 4 is 0 Å². The maximum atomic E-state index is 13.5. The van der Waals surface area contributed by atoms with Crippen molar-refractivity contribution in [2.24, 2.45) is 23.7 Å². The van der Waals surface area contributed by atoms with Gasteiger partial charge in [0.15, 0.2) is 0 Å². The van der Waals surface area contributed by atoms with Gasteiger partial charge in [0.2, 0.25) is 0 Å². The fraction of sp³-hybridized carbons (Fsp3) is 0.600. The molecule has 0 aromatic heterocycles. The lowest BCUT2D eigenvalue weighted by molar-refractivity contribution is 0.456. The molecular formula is C15H18FN. The summed E-state index contributed by atoms with van der Waals surface area (Å²) in [7, 11) is 0. The lowest BCUT2D eigenvalue weighted by Crippen LogP contribution is -2.22. The highest BCUT2D eigenvalue weighted by Crippen LogP contribution is 2.65. The van der Waals surface area contributed by atoms with Gasteiger partial charge in [0, 0.05) is 18.2 Å². The number of nitrogens with one attached hydrogen (secondary N) is 1. The molecule has 3 saturated carbocycles. The highest BCUT2D eigenvalue weighted by atomic mass is 19.1. The van der Waals surface area contributed by atoms with Gasteiger partial charge in [-0.1, -0.05) is 18.2 Å². The predicted octanol–water partition coefficient (Wildman–Crippen LogP) is 2.96. The molecule has 0 saturated heterocycles. The van der Waals surface area contributed by atoms with Crippen LogP contribution in [0.2, 0.25) is 0 Å². The quantitative estimate of drug-likeness (QED) is 0.843. The van der Waals surface area contributed by atoms with Gasteiger partial charge in [0.05, 0.1) is 0 Å². The molecule has 2 bridgehead atoms. The number of hydrogen-bond donors (Lipinski definition) is 1. The van der Waals surface area contributed by atoms with E-state index in [4.69, 9.17) is 0 Å². The summed E-state index contributed by atoms with van der Waals surface area (Å²) in [4.78, 5) is 0. The molecule has 3 fully saturated rings. The third-order valence-corrected chi connectivity index (χ3v) is 5.22. The fourth-order valence-electron chi connectivity index (χ4n) is 4.47. The number of halogens is 1. The second-order valence-electron chi connectivity index (χ2n) is 5.99. The van der Waals surface area contributed by atoms with Crippen molar-refractivity contribution in [2.45, 2.75) is 31.8 Å². The van der Waals surface area contributed by atoms with Crippen molar-refractivity contribution < 1.29 is 4.39 Å². The minimum absolute atomic E-state index is 0.0752. The Morgan fingerprint density at radius 3 is 2.53 bits per heavy atom. The molecule has 0 heterocycles. The molecule has 0 spiro atoms. The monoisotopic (exact) mass is 231 g/mol. The fourth-order valence-corrected chi connectivity index (χ4v) is 4.47. The zero-order valence-corrected chi connectivity index (χ0v) is 9.90. The van der Waals surface area contributed by atoms with Crippen molar-refractivity contribution in [2.75, 3.05) is 0 Å². The summed E-state index contributed by atoms with van der Waals surface area (Å²) in [5.41, 5.74) is 0.810.